The highest BCUT2D eigenvalue weighted by atomic mass is 35.5. The van der Waals surface area contributed by atoms with Crippen molar-refractivity contribution in [2.24, 2.45) is 0 Å². The van der Waals surface area contributed by atoms with Gasteiger partial charge in [-0.1, -0.05) is 17.7 Å². The summed E-state index contributed by atoms with van der Waals surface area (Å²) >= 11 is 6.09. The maximum Gasteiger partial charge on any atom is 0.218 e. The fourth-order valence-corrected chi connectivity index (χ4v) is 2.06. The van der Waals surface area contributed by atoms with Gasteiger partial charge in [0, 0.05) is 29.4 Å². The minimum Gasteiger partial charge on any atom is -0.495 e. The first kappa shape index (κ1) is 14.5. The summed E-state index contributed by atoms with van der Waals surface area (Å²) in [5.41, 5.74) is 2.86. The smallest absolute Gasteiger partial charge is 0.218 e. The lowest BCUT2D eigenvalue weighted by Gasteiger charge is -2.14. The average molecular weight is 293 g/mol. The molecule has 5 heteroatoms. The van der Waals surface area contributed by atoms with E-state index in [2.05, 4.69) is 10.3 Å². The summed E-state index contributed by atoms with van der Waals surface area (Å²) in [5.74, 6) is 1.33. The lowest BCUT2D eigenvalue weighted by atomic mass is 10.2. The molecule has 1 aromatic heterocycles. The summed E-state index contributed by atoms with van der Waals surface area (Å²) in [6, 6.07) is 7.61. The number of halogens is 1. The summed E-state index contributed by atoms with van der Waals surface area (Å²) < 4.78 is 10.6. The molecule has 0 fully saturated rings. The zero-order valence-electron chi connectivity index (χ0n) is 11.7. The molecule has 0 amide bonds. The van der Waals surface area contributed by atoms with Crippen molar-refractivity contribution in [2.45, 2.75) is 13.5 Å². The number of aryl methyl sites for hydroxylation is 1. The molecule has 2 aromatic rings. The zero-order chi connectivity index (χ0) is 14.5. The molecule has 106 valence electrons. The number of hydrogen-bond acceptors (Lipinski definition) is 4. The van der Waals surface area contributed by atoms with Crippen LogP contribution in [0.2, 0.25) is 5.02 Å². The molecule has 0 spiro atoms. The van der Waals surface area contributed by atoms with Gasteiger partial charge in [0.2, 0.25) is 5.88 Å². The van der Waals surface area contributed by atoms with Crippen molar-refractivity contribution < 1.29 is 9.47 Å². The average Bonchev–Trinajstić information content (AvgIpc) is 2.48. The highest BCUT2D eigenvalue weighted by Crippen LogP contribution is 2.31. The molecule has 0 saturated heterocycles. The quantitative estimate of drug-likeness (QED) is 0.913. The Balaban J connectivity index is 2.20. The van der Waals surface area contributed by atoms with Gasteiger partial charge >= 0.3 is 0 Å². The molecule has 0 bridgehead atoms. The van der Waals surface area contributed by atoms with Gasteiger partial charge in [-0.3, -0.25) is 0 Å². The maximum absolute atomic E-state index is 6.09. The molecular formula is C15H17ClN2O2. The van der Waals surface area contributed by atoms with Gasteiger partial charge in [-0.25, -0.2) is 4.98 Å². The first-order valence-corrected chi connectivity index (χ1v) is 6.59. The number of nitrogens with one attached hydrogen (secondary N) is 1. The topological polar surface area (TPSA) is 43.4 Å². The summed E-state index contributed by atoms with van der Waals surface area (Å²) in [6.07, 6.45) is 1.70. The first-order valence-electron chi connectivity index (χ1n) is 6.21. The molecule has 1 N–H and O–H groups in total. The summed E-state index contributed by atoms with van der Waals surface area (Å²) in [4.78, 5) is 4.17. The summed E-state index contributed by atoms with van der Waals surface area (Å²) in [6.45, 7) is 2.55. The van der Waals surface area contributed by atoms with Crippen LogP contribution in [0, 0.1) is 6.92 Å². The number of hydrogen-bond donors (Lipinski definition) is 1. The Labute approximate surface area is 123 Å². The highest BCUT2D eigenvalue weighted by molar-refractivity contribution is 6.31. The first-order chi connectivity index (χ1) is 9.65. The third-order valence-corrected chi connectivity index (χ3v) is 3.40. The van der Waals surface area contributed by atoms with E-state index in [1.54, 1.807) is 26.5 Å². The number of benzene rings is 1. The fraction of sp³-hybridized carbons (Fsp3) is 0.267. The van der Waals surface area contributed by atoms with Crippen molar-refractivity contribution in [3.63, 3.8) is 0 Å². The van der Waals surface area contributed by atoms with E-state index in [1.807, 2.05) is 25.1 Å². The number of rotatable bonds is 5. The Bertz CT molecular complexity index is 602. The van der Waals surface area contributed by atoms with Gasteiger partial charge < -0.3 is 14.8 Å². The Kier molecular flexibility index (Phi) is 4.69. The molecule has 0 aliphatic rings. The molecule has 0 unspecified atom stereocenters. The van der Waals surface area contributed by atoms with Crippen LogP contribution in [-0.2, 0) is 6.54 Å². The number of ether oxygens (including phenoxy) is 2. The molecule has 1 heterocycles. The van der Waals surface area contributed by atoms with Crippen molar-refractivity contribution in [3.8, 4) is 11.6 Å². The fourth-order valence-electron chi connectivity index (χ4n) is 1.90. The number of pyridine rings is 1. The van der Waals surface area contributed by atoms with E-state index < -0.39 is 0 Å². The lowest BCUT2D eigenvalue weighted by molar-refractivity contribution is 0.393. The number of nitrogens with zero attached hydrogens (tertiary/aromatic N) is 1. The van der Waals surface area contributed by atoms with Gasteiger partial charge in [0.25, 0.3) is 0 Å². The Morgan fingerprint density at radius 1 is 1.25 bits per heavy atom. The van der Waals surface area contributed by atoms with Crippen LogP contribution in [0.3, 0.4) is 0 Å². The predicted molar refractivity (Wildman–Crippen MR) is 80.9 cm³/mol. The molecular weight excluding hydrogens is 276 g/mol. The van der Waals surface area contributed by atoms with Gasteiger partial charge in [0.05, 0.1) is 19.9 Å². The van der Waals surface area contributed by atoms with E-state index in [1.165, 1.54) is 0 Å². The van der Waals surface area contributed by atoms with Crippen LogP contribution in [0.15, 0.2) is 30.5 Å². The van der Waals surface area contributed by atoms with E-state index in [0.29, 0.717) is 23.2 Å². The van der Waals surface area contributed by atoms with E-state index in [9.17, 15) is 0 Å². The van der Waals surface area contributed by atoms with Gasteiger partial charge in [-0.2, -0.15) is 0 Å². The van der Waals surface area contributed by atoms with Crippen LogP contribution < -0.4 is 14.8 Å². The van der Waals surface area contributed by atoms with Gasteiger partial charge in [-0.15, -0.1) is 0 Å². The molecule has 20 heavy (non-hydrogen) atoms. The van der Waals surface area contributed by atoms with E-state index in [0.717, 1.165) is 16.8 Å². The minimum atomic E-state index is 0.592. The lowest BCUT2D eigenvalue weighted by Crippen LogP contribution is -2.04. The normalized spacial score (nSPS) is 10.2. The van der Waals surface area contributed by atoms with Crippen molar-refractivity contribution in [1.29, 1.82) is 0 Å². The second-order valence-corrected chi connectivity index (χ2v) is 4.73. The largest absolute Gasteiger partial charge is 0.495 e. The van der Waals surface area contributed by atoms with Crippen molar-refractivity contribution >= 4 is 17.3 Å². The third-order valence-electron chi connectivity index (χ3n) is 2.99. The van der Waals surface area contributed by atoms with Crippen molar-refractivity contribution in [1.82, 2.24) is 4.98 Å². The van der Waals surface area contributed by atoms with Crippen molar-refractivity contribution in [2.75, 3.05) is 19.5 Å². The van der Waals surface area contributed by atoms with E-state index in [-0.39, 0.29) is 0 Å². The monoisotopic (exact) mass is 292 g/mol. The number of methoxy groups -OCH3 is 2. The molecule has 0 radical (unpaired) electrons. The van der Waals surface area contributed by atoms with E-state index in [4.69, 9.17) is 21.1 Å². The standard InChI is InChI=1S/C15H17ClN2O2/c1-10-7-13(14(19-2)8-12(10)16)18-9-11-5-4-6-17-15(11)20-3/h4-8,18H,9H2,1-3H3. The second-order valence-electron chi connectivity index (χ2n) is 4.33. The van der Waals surface area contributed by atoms with Crippen LogP contribution >= 0.6 is 11.6 Å². The van der Waals surface area contributed by atoms with Gasteiger partial charge in [0.15, 0.2) is 0 Å². The van der Waals surface area contributed by atoms with E-state index >= 15 is 0 Å². The van der Waals surface area contributed by atoms with Crippen LogP contribution in [0.4, 0.5) is 5.69 Å². The third kappa shape index (κ3) is 3.14. The van der Waals surface area contributed by atoms with Gasteiger partial charge in [-0.05, 0) is 24.6 Å². The highest BCUT2D eigenvalue weighted by Gasteiger charge is 2.08. The van der Waals surface area contributed by atoms with Crippen molar-refractivity contribution in [3.05, 3.63) is 46.6 Å². The predicted octanol–water partition coefficient (Wildman–Crippen LogP) is 3.67. The number of aromatic nitrogens is 1. The number of anilines is 1. The molecule has 0 aliphatic heterocycles. The summed E-state index contributed by atoms with van der Waals surface area (Å²) in [7, 11) is 3.23. The van der Waals surface area contributed by atoms with Gasteiger partial charge in [0.1, 0.15) is 5.75 Å². The van der Waals surface area contributed by atoms with Crippen LogP contribution in [0.25, 0.3) is 0 Å². The minimum absolute atomic E-state index is 0.592. The Morgan fingerprint density at radius 3 is 2.75 bits per heavy atom. The Morgan fingerprint density at radius 2 is 2.05 bits per heavy atom. The molecule has 2 rings (SSSR count). The summed E-state index contributed by atoms with van der Waals surface area (Å²) in [5, 5.41) is 4.01. The van der Waals surface area contributed by atoms with Crippen LogP contribution in [0.1, 0.15) is 11.1 Å². The maximum atomic E-state index is 6.09. The molecule has 1 aromatic carbocycles. The molecule has 0 aliphatic carbocycles. The second kappa shape index (κ2) is 6.48. The Hall–Kier alpha value is -1.94. The van der Waals surface area contributed by atoms with Crippen LogP contribution in [-0.4, -0.2) is 19.2 Å². The SMILES string of the molecule is COc1cc(Cl)c(C)cc1NCc1cccnc1OC. The molecule has 4 nitrogen and oxygen atoms in total. The molecule has 0 atom stereocenters. The molecule has 0 saturated carbocycles. The van der Waals surface area contributed by atoms with Crippen LogP contribution in [0.5, 0.6) is 11.6 Å². The zero-order valence-corrected chi connectivity index (χ0v) is 12.5.